The molecule has 6 nitrogen and oxygen atoms in total. The number of nitro benzene ring substituents is 1. The van der Waals surface area contributed by atoms with E-state index in [2.05, 4.69) is 5.32 Å². The van der Waals surface area contributed by atoms with Crippen molar-refractivity contribution in [3.63, 3.8) is 0 Å². The maximum Gasteiger partial charge on any atom is 0.423 e. The standard InChI is InChI=1S/C13H15F3N2O4/c1-12(2,6-5-11(19)20)17-8-3-4-10(18(21)22)9(7-8)13(14,15)16/h3-4,7,17H,5-6H2,1-2H3,(H,19,20). The van der Waals surface area contributed by atoms with Gasteiger partial charge in [0.1, 0.15) is 5.56 Å². The molecule has 0 aliphatic rings. The van der Waals surface area contributed by atoms with E-state index in [-0.39, 0.29) is 18.5 Å². The number of carbonyl (C=O) groups is 1. The number of aliphatic carboxylic acids is 1. The molecule has 2 N–H and O–H groups in total. The van der Waals surface area contributed by atoms with Crippen molar-refractivity contribution in [1.29, 1.82) is 0 Å². The molecule has 9 heteroatoms. The summed E-state index contributed by atoms with van der Waals surface area (Å²) in [6.45, 7) is 3.26. The first-order valence-corrected chi connectivity index (χ1v) is 6.28. The molecule has 0 saturated heterocycles. The van der Waals surface area contributed by atoms with Crippen LogP contribution in [0, 0.1) is 10.1 Å². The summed E-state index contributed by atoms with van der Waals surface area (Å²) in [7, 11) is 0. The second-order valence-electron chi connectivity index (χ2n) is 5.39. The molecule has 0 spiro atoms. The van der Waals surface area contributed by atoms with Crippen molar-refractivity contribution in [2.24, 2.45) is 0 Å². The van der Waals surface area contributed by atoms with Gasteiger partial charge in [-0.1, -0.05) is 0 Å². The molecule has 0 saturated carbocycles. The van der Waals surface area contributed by atoms with Crippen molar-refractivity contribution in [2.45, 2.75) is 38.4 Å². The number of nitrogens with one attached hydrogen (secondary N) is 1. The Hall–Kier alpha value is -2.32. The molecule has 0 aromatic heterocycles. The zero-order chi connectivity index (χ0) is 17.1. The van der Waals surface area contributed by atoms with E-state index in [1.807, 2.05) is 0 Å². The molecule has 0 atom stereocenters. The Morgan fingerprint density at radius 1 is 1.36 bits per heavy atom. The third-order valence-corrected chi connectivity index (χ3v) is 2.95. The zero-order valence-electron chi connectivity index (χ0n) is 11.9. The Morgan fingerprint density at radius 2 is 1.95 bits per heavy atom. The Labute approximate surface area is 124 Å². The molecule has 0 fully saturated rings. The van der Waals surface area contributed by atoms with E-state index in [1.165, 1.54) is 0 Å². The second-order valence-corrected chi connectivity index (χ2v) is 5.39. The fraction of sp³-hybridized carbons (Fsp3) is 0.462. The van der Waals surface area contributed by atoms with E-state index >= 15 is 0 Å². The van der Waals surface area contributed by atoms with Crippen LogP contribution < -0.4 is 5.32 Å². The smallest absolute Gasteiger partial charge is 0.423 e. The number of rotatable bonds is 6. The molecule has 1 aromatic carbocycles. The molecule has 0 bridgehead atoms. The topological polar surface area (TPSA) is 92.5 Å². The minimum atomic E-state index is -4.86. The van der Waals surface area contributed by atoms with E-state index in [0.29, 0.717) is 6.07 Å². The molecule has 0 heterocycles. The maximum absolute atomic E-state index is 12.9. The quantitative estimate of drug-likeness (QED) is 0.616. The number of anilines is 1. The molecule has 22 heavy (non-hydrogen) atoms. The molecule has 1 rings (SSSR count). The number of nitro groups is 1. The van der Waals surface area contributed by atoms with E-state index in [4.69, 9.17) is 5.11 Å². The van der Waals surface area contributed by atoms with Crippen LogP contribution >= 0.6 is 0 Å². The van der Waals surface area contributed by atoms with Crippen LogP contribution in [0.4, 0.5) is 24.5 Å². The van der Waals surface area contributed by atoms with Gasteiger partial charge in [0, 0.05) is 23.7 Å². The lowest BCUT2D eigenvalue weighted by molar-refractivity contribution is -0.388. The Morgan fingerprint density at radius 3 is 2.41 bits per heavy atom. The SMILES string of the molecule is CC(C)(CCC(=O)O)Nc1ccc([N+](=O)[O-])c(C(F)(F)F)c1. The summed E-state index contributed by atoms with van der Waals surface area (Å²) in [6, 6.07) is 2.59. The number of hydrogen-bond donors (Lipinski definition) is 2. The van der Waals surface area contributed by atoms with Gasteiger partial charge in [0.05, 0.1) is 4.92 Å². The summed E-state index contributed by atoms with van der Waals surface area (Å²) in [5.74, 6) is -1.02. The maximum atomic E-state index is 12.9. The van der Waals surface area contributed by atoms with Crippen molar-refractivity contribution in [3.8, 4) is 0 Å². The summed E-state index contributed by atoms with van der Waals surface area (Å²) in [5.41, 5.74) is -3.12. The minimum absolute atomic E-state index is 0.0355. The van der Waals surface area contributed by atoms with Gasteiger partial charge in [-0.05, 0) is 32.4 Å². The summed E-state index contributed by atoms with van der Waals surface area (Å²) in [5, 5.41) is 22.1. The monoisotopic (exact) mass is 320 g/mol. The number of nitrogens with zero attached hydrogens (tertiary/aromatic N) is 1. The van der Waals surface area contributed by atoms with Crippen molar-refractivity contribution < 1.29 is 28.0 Å². The fourth-order valence-electron chi connectivity index (χ4n) is 1.87. The highest BCUT2D eigenvalue weighted by Crippen LogP contribution is 2.38. The summed E-state index contributed by atoms with van der Waals surface area (Å²) < 4.78 is 38.6. The average Bonchev–Trinajstić information content (AvgIpc) is 2.34. The molecule has 0 aliphatic heterocycles. The van der Waals surface area contributed by atoms with Gasteiger partial charge in [-0.3, -0.25) is 14.9 Å². The van der Waals surface area contributed by atoms with E-state index in [1.54, 1.807) is 13.8 Å². The van der Waals surface area contributed by atoms with Gasteiger partial charge in [0.2, 0.25) is 0 Å². The predicted octanol–water partition coefficient (Wildman–Crippen LogP) is 3.67. The fourth-order valence-corrected chi connectivity index (χ4v) is 1.87. The first-order chi connectivity index (χ1) is 9.92. The van der Waals surface area contributed by atoms with Crippen LogP contribution in [-0.4, -0.2) is 21.5 Å². The highest BCUT2D eigenvalue weighted by atomic mass is 19.4. The molecule has 0 unspecified atom stereocenters. The van der Waals surface area contributed by atoms with Crippen molar-refractivity contribution in [1.82, 2.24) is 0 Å². The molecule has 1 aromatic rings. The molecule has 0 radical (unpaired) electrons. The summed E-state index contributed by atoms with van der Waals surface area (Å²) in [4.78, 5) is 20.1. The number of hydrogen-bond acceptors (Lipinski definition) is 4. The lowest BCUT2D eigenvalue weighted by Crippen LogP contribution is -2.31. The minimum Gasteiger partial charge on any atom is -0.481 e. The van der Waals surface area contributed by atoms with Gasteiger partial charge in [-0.15, -0.1) is 0 Å². The zero-order valence-corrected chi connectivity index (χ0v) is 11.9. The van der Waals surface area contributed by atoms with Gasteiger partial charge < -0.3 is 10.4 Å². The Bertz CT molecular complexity index is 585. The van der Waals surface area contributed by atoms with Crippen LogP contribution in [0.3, 0.4) is 0 Å². The third kappa shape index (κ3) is 4.90. The van der Waals surface area contributed by atoms with E-state index < -0.39 is 33.9 Å². The van der Waals surface area contributed by atoms with Crippen LogP contribution in [0.15, 0.2) is 18.2 Å². The van der Waals surface area contributed by atoms with Crippen molar-refractivity contribution in [2.75, 3.05) is 5.32 Å². The normalized spacial score (nSPS) is 12.0. The largest absolute Gasteiger partial charge is 0.481 e. The van der Waals surface area contributed by atoms with Crippen LogP contribution in [0.5, 0.6) is 0 Å². The van der Waals surface area contributed by atoms with Gasteiger partial charge >= 0.3 is 12.1 Å². The third-order valence-electron chi connectivity index (χ3n) is 2.95. The van der Waals surface area contributed by atoms with Crippen LogP contribution in [0.1, 0.15) is 32.3 Å². The molecule has 0 aliphatic carbocycles. The van der Waals surface area contributed by atoms with E-state index in [0.717, 1.165) is 12.1 Å². The summed E-state index contributed by atoms with van der Waals surface area (Å²) >= 11 is 0. The van der Waals surface area contributed by atoms with Crippen LogP contribution in [0.2, 0.25) is 0 Å². The van der Waals surface area contributed by atoms with Crippen LogP contribution in [0.25, 0.3) is 0 Å². The average molecular weight is 320 g/mol. The summed E-state index contributed by atoms with van der Waals surface area (Å²) in [6.07, 6.45) is -4.83. The molecular weight excluding hydrogens is 305 g/mol. The van der Waals surface area contributed by atoms with Gasteiger partial charge in [-0.25, -0.2) is 0 Å². The second kappa shape index (κ2) is 6.20. The highest BCUT2D eigenvalue weighted by molar-refractivity contribution is 5.67. The first kappa shape index (κ1) is 17.7. The number of benzene rings is 1. The highest BCUT2D eigenvalue weighted by Gasteiger charge is 2.38. The van der Waals surface area contributed by atoms with Gasteiger partial charge in [0.15, 0.2) is 0 Å². The van der Waals surface area contributed by atoms with Crippen molar-refractivity contribution in [3.05, 3.63) is 33.9 Å². The molecular formula is C13H15F3N2O4. The van der Waals surface area contributed by atoms with Crippen molar-refractivity contribution >= 4 is 17.3 Å². The number of carboxylic acids is 1. The molecule has 122 valence electrons. The Kier molecular flexibility index (Phi) is 5.00. The lowest BCUT2D eigenvalue weighted by atomic mass is 9.97. The first-order valence-electron chi connectivity index (χ1n) is 6.28. The van der Waals surface area contributed by atoms with Crippen LogP contribution in [-0.2, 0) is 11.0 Å². The van der Waals surface area contributed by atoms with Gasteiger partial charge in [0.25, 0.3) is 5.69 Å². The number of halogens is 3. The molecule has 0 amide bonds. The number of alkyl halides is 3. The lowest BCUT2D eigenvalue weighted by Gasteiger charge is -2.27. The predicted molar refractivity (Wildman–Crippen MR) is 72.7 cm³/mol. The Balaban J connectivity index is 3.07. The van der Waals surface area contributed by atoms with Gasteiger partial charge in [-0.2, -0.15) is 13.2 Å². The number of carboxylic acid groups (broad SMARTS) is 1. The van der Waals surface area contributed by atoms with E-state index in [9.17, 15) is 28.1 Å².